The van der Waals surface area contributed by atoms with Crippen molar-refractivity contribution < 1.29 is 9.59 Å². The first kappa shape index (κ1) is 11.9. The van der Waals surface area contributed by atoms with E-state index in [1.165, 1.54) is 4.90 Å². The molecule has 0 aliphatic carbocycles. The number of hydrogen-bond acceptors (Lipinski definition) is 3. The number of benzene rings is 1. The Bertz CT molecular complexity index is 524. The van der Waals surface area contributed by atoms with Crippen LogP contribution >= 0.6 is 15.9 Å². The van der Waals surface area contributed by atoms with E-state index in [0.29, 0.717) is 17.7 Å². The molecule has 1 saturated heterocycles. The summed E-state index contributed by atoms with van der Waals surface area (Å²) in [6.07, 6.45) is 2.14. The lowest BCUT2D eigenvalue weighted by Gasteiger charge is -2.18. The fourth-order valence-electron chi connectivity index (χ4n) is 2.56. The van der Waals surface area contributed by atoms with Crippen LogP contribution in [0, 0.1) is 0 Å². The van der Waals surface area contributed by atoms with Crippen molar-refractivity contribution in [1.82, 2.24) is 10.2 Å². The van der Waals surface area contributed by atoms with Crippen LogP contribution in [0.15, 0.2) is 22.7 Å². The minimum atomic E-state index is -0.176. The van der Waals surface area contributed by atoms with Crippen LogP contribution in [0.25, 0.3) is 0 Å². The van der Waals surface area contributed by atoms with E-state index in [-0.39, 0.29) is 17.9 Å². The van der Waals surface area contributed by atoms with Gasteiger partial charge in [0, 0.05) is 17.1 Å². The number of fused-ring (bicyclic) bond motifs is 1. The summed E-state index contributed by atoms with van der Waals surface area (Å²) in [6, 6.07) is 5.47. The van der Waals surface area contributed by atoms with Gasteiger partial charge < -0.3 is 5.32 Å². The van der Waals surface area contributed by atoms with E-state index < -0.39 is 0 Å². The molecule has 2 heterocycles. The Labute approximate surface area is 113 Å². The molecule has 0 bridgehead atoms. The molecule has 1 unspecified atom stereocenters. The smallest absolute Gasteiger partial charge is 0.261 e. The predicted octanol–water partition coefficient (Wildman–Crippen LogP) is 1.80. The lowest BCUT2D eigenvalue weighted by atomic mass is 10.1. The molecule has 1 aromatic rings. The van der Waals surface area contributed by atoms with Gasteiger partial charge in [-0.2, -0.15) is 0 Å². The quantitative estimate of drug-likeness (QED) is 0.848. The molecule has 0 aromatic heterocycles. The molecule has 2 aliphatic heterocycles. The van der Waals surface area contributed by atoms with E-state index in [2.05, 4.69) is 21.2 Å². The van der Waals surface area contributed by atoms with Crippen molar-refractivity contribution in [2.24, 2.45) is 0 Å². The van der Waals surface area contributed by atoms with Gasteiger partial charge in [0.05, 0.1) is 11.1 Å². The van der Waals surface area contributed by atoms with Gasteiger partial charge in [-0.05, 0) is 37.6 Å². The Kier molecular flexibility index (Phi) is 2.95. The SMILES string of the molecule is O=C1c2ccc(Br)cc2C(=O)N1CC1CCCN1. The molecule has 2 amide bonds. The first-order chi connectivity index (χ1) is 8.66. The summed E-state index contributed by atoms with van der Waals surface area (Å²) in [6.45, 7) is 1.45. The van der Waals surface area contributed by atoms with Gasteiger partial charge in [0.2, 0.25) is 0 Å². The maximum absolute atomic E-state index is 12.2. The largest absolute Gasteiger partial charge is 0.312 e. The second kappa shape index (κ2) is 4.48. The van der Waals surface area contributed by atoms with E-state index in [1.54, 1.807) is 18.2 Å². The van der Waals surface area contributed by atoms with Crippen LogP contribution in [0.1, 0.15) is 33.6 Å². The second-order valence-corrected chi connectivity index (χ2v) is 5.62. The molecule has 0 spiro atoms. The first-order valence-corrected chi connectivity index (χ1v) is 6.85. The number of carbonyl (C=O) groups is 2. The Morgan fingerprint density at radius 2 is 2.06 bits per heavy atom. The molecular weight excluding hydrogens is 296 g/mol. The number of carbonyl (C=O) groups excluding carboxylic acids is 2. The van der Waals surface area contributed by atoms with Gasteiger partial charge in [0.25, 0.3) is 11.8 Å². The van der Waals surface area contributed by atoms with Crippen LogP contribution in [0.4, 0.5) is 0 Å². The van der Waals surface area contributed by atoms with Crippen molar-refractivity contribution in [2.45, 2.75) is 18.9 Å². The van der Waals surface area contributed by atoms with Crippen LogP contribution in [0.2, 0.25) is 0 Å². The van der Waals surface area contributed by atoms with E-state index in [0.717, 1.165) is 23.9 Å². The average molecular weight is 309 g/mol. The van der Waals surface area contributed by atoms with Crippen LogP contribution in [0.3, 0.4) is 0 Å². The summed E-state index contributed by atoms with van der Waals surface area (Å²) in [5, 5.41) is 3.31. The number of halogens is 1. The van der Waals surface area contributed by atoms with Gasteiger partial charge in [0.15, 0.2) is 0 Å². The Hall–Kier alpha value is -1.20. The number of imide groups is 1. The highest BCUT2D eigenvalue weighted by Crippen LogP contribution is 2.26. The molecule has 1 N–H and O–H groups in total. The summed E-state index contributed by atoms with van der Waals surface area (Å²) >= 11 is 3.33. The van der Waals surface area contributed by atoms with Crippen LogP contribution in [-0.2, 0) is 0 Å². The van der Waals surface area contributed by atoms with Crippen molar-refractivity contribution in [1.29, 1.82) is 0 Å². The zero-order valence-electron chi connectivity index (χ0n) is 9.78. The zero-order valence-corrected chi connectivity index (χ0v) is 11.4. The van der Waals surface area contributed by atoms with E-state index in [4.69, 9.17) is 0 Å². The number of nitrogens with zero attached hydrogens (tertiary/aromatic N) is 1. The first-order valence-electron chi connectivity index (χ1n) is 6.06. The van der Waals surface area contributed by atoms with Gasteiger partial charge in [0.1, 0.15) is 0 Å². The van der Waals surface area contributed by atoms with Crippen molar-refractivity contribution in [3.05, 3.63) is 33.8 Å². The highest BCUT2D eigenvalue weighted by Gasteiger charge is 2.37. The molecule has 4 nitrogen and oxygen atoms in total. The number of nitrogens with one attached hydrogen (secondary N) is 1. The maximum Gasteiger partial charge on any atom is 0.261 e. The molecule has 2 aliphatic rings. The monoisotopic (exact) mass is 308 g/mol. The van der Waals surface area contributed by atoms with Crippen LogP contribution in [0.5, 0.6) is 0 Å². The minimum Gasteiger partial charge on any atom is -0.312 e. The number of hydrogen-bond donors (Lipinski definition) is 1. The van der Waals surface area contributed by atoms with Crippen molar-refractivity contribution in [2.75, 3.05) is 13.1 Å². The van der Waals surface area contributed by atoms with Crippen LogP contribution in [-0.4, -0.2) is 35.8 Å². The maximum atomic E-state index is 12.2. The third-order valence-electron chi connectivity index (χ3n) is 3.50. The summed E-state index contributed by atoms with van der Waals surface area (Å²) in [4.78, 5) is 25.7. The third-order valence-corrected chi connectivity index (χ3v) is 3.99. The molecule has 1 atom stereocenters. The summed E-state index contributed by atoms with van der Waals surface area (Å²) in [5.41, 5.74) is 1.02. The van der Waals surface area contributed by atoms with Gasteiger partial charge in [-0.1, -0.05) is 15.9 Å². The van der Waals surface area contributed by atoms with E-state index in [1.807, 2.05) is 0 Å². The fourth-order valence-corrected chi connectivity index (χ4v) is 2.92. The highest BCUT2D eigenvalue weighted by molar-refractivity contribution is 9.10. The molecule has 94 valence electrons. The number of amides is 2. The van der Waals surface area contributed by atoms with Gasteiger partial charge in [-0.3, -0.25) is 14.5 Å². The Morgan fingerprint density at radius 3 is 2.78 bits per heavy atom. The van der Waals surface area contributed by atoms with Crippen LogP contribution < -0.4 is 5.32 Å². The molecule has 1 fully saturated rings. The average Bonchev–Trinajstić information content (AvgIpc) is 2.93. The molecule has 1 aromatic carbocycles. The standard InChI is InChI=1S/C13H13BrN2O2/c14-8-3-4-10-11(6-8)13(18)16(12(10)17)7-9-2-1-5-15-9/h3-4,6,9,15H,1-2,5,7H2. The van der Waals surface area contributed by atoms with E-state index >= 15 is 0 Å². The zero-order chi connectivity index (χ0) is 12.7. The van der Waals surface area contributed by atoms with Crippen molar-refractivity contribution in [3.63, 3.8) is 0 Å². The fraction of sp³-hybridized carbons (Fsp3) is 0.385. The predicted molar refractivity (Wildman–Crippen MR) is 70.5 cm³/mol. The van der Waals surface area contributed by atoms with Gasteiger partial charge in [-0.15, -0.1) is 0 Å². The molecule has 18 heavy (non-hydrogen) atoms. The lowest BCUT2D eigenvalue weighted by Crippen LogP contribution is -2.40. The lowest BCUT2D eigenvalue weighted by molar-refractivity contribution is 0.0641. The third kappa shape index (κ3) is 1.87. The van der Waals surface area contributed by atoms with Crippen molar-refractivity contribution >= 4 is 27.7 Å². The van der Waals surface area contributed by atoms with Gasteiger partial charge >= 0.3 is 0 Å². The Balaban J connectivity index is 1.87. The molecule has 0 radical (unpaired) electrons. The summed E-state index contributed by atoms with van der Waals surface area (Å²) < 4.78 is 0.822. The minimum absolute atomic E-state index is 0.170. The van der Waals surface area contributed by atoms with E-state index in [9.17, 15) is 9.59 Å². The molecule has 3 rings (SSSR count). The topological polar surface area (TPSA) is 49.4 Å². The Morgan fingerprint density at radius 1 is 1.28 bits per heavy atom. The van der Waals surface area contributed by atoms with Crippen molar-refractivity contribution in [3.8, 4) is 0 Å². The summed E-state index contributed by atoms with van der Waals surface area (Å²) in [5.74, 6) is -0.346. The molecular formula is C13H13BrN2O2. The molecule has 5 heteroatoms. The van der Waals surface area contributed by atoms with Gasteiger partial charge in [-0.25, -0.2) is 0 Å². The highest BCUT2D eigenvalue weighted by atomic mass is 79.9. The second-order valence-electron chi connectivity index (χ2n) is 4.70. The molecule has 0 saturated carbocycles. The normalized spacial score (nSPS) is 22.7. The summed E-state index contributed by atoms with van der Waals surface area (Å²) in [7, 11) is 0. The number of rotatable bonds is 2.